The van der Waals surface area contributed by atoms with Gasteiger partial charge in [0.2, 0.25) is 11.8 Å². The summed E-state index contributed by atoms with van der Waals surface area (Å²) < 4.78 is 43.0. The van der Waals surface area contributed by atoms with Crippen molar-refractivity contribution < 1.29 is 22.4 Å². The first-order valence-electron chi connectivity index (χ1n) is 12.7. The average molecular weight is 634 g/mol. The summed E-state index contributed by atoms with van der Waals surface area (Å²) in [5, 5.41) is 2.91. The Morgan fingerprint density at radius 1 is 0.925 bits per heavy atom. The maximum atomic E-state index is 14.1. The number of rotatable bonds is 12. The predicted octanol–water partition coefficient (Wildman–Crippen LogP) is 4.37. The summed E-state index contributed by atoms with van der Waals surface area (Å²) in [4.78, 5) is 29.1. The molecule has 0 bridgehead atoms. The van der Waals surface area contributed by atoms with Crippen molar-refractivity contribution in [1.82, 2.24) is 14.5 Å². The monoisotopic (exact) mass is 632 g/mol. The molecule has 0 spiro atoms. The van der Waals surface area contributed by atoms with Crippen molar-refractivity contribution in [2.75, 3.05) is 24.9 Å². The third kappa shape index (κ3) is 8.36. The molecule has 3 rings (SSSR count). The summed E-state index contributed by atoms with van der Waals surface area (Å²) in [7, 11) is -1.45. The summed E-state index contributed by atoms with van der Waals surface area (Å²) in [5.74, 6) is -1.48. The minimum Gasteiger partial charge on any atom is -0.352 e. The van der Waals surface area contributed by atoms with E-state index in [0.29, 0.717) is 0 Å². The summed E-state index contributed by atoms with van der Waals surface area (Å²) >= 11 is 3.45. The lowest BCUT2D eigenvalue weighted by Crippen LogP contribution is -2.55. The van der Waals surface area contributed by atoms with Gasteiger partial charge in [-0.25, -0.2) is 8.70 Å². The van der Waals surface area contributed by atoms with Gasteiger partial charge in [0.1, 0.15) is 18.4 Å². The first kappa shape index (κ1) is 31.3. The van der Waals surface area contributed by atoms with Gasteiger partial charge in [0.05, 0.1) is 5.69 Å². The molecule has 1 atom stereocenters. The number of anilines is 1. The van der Waals surface area contributed by atoms with Gasteiger partial charge in [-0.05, 0) is 61.4 Å². The Bertz CT molecular complexity index is 1400. The fourth-order valence-electron chi connectivity index (χ4n) is 4.09. The molecular formula is C29H34BrFN4O4S. The van der Waals surface area contributed by atoms with E-state index < -0.39 is 34.5 Å². The highest BCUT2D eigenvalue weighted by Gasteiger charge is 2.35. The second kappa shape index (κ2) is 13.9. The van der Waals surface area contributed by atoms with E-state index in [4.69, 9.17) is 0 Å². The number of carbonyl (C=O) groups is 2. The van der Waals surface area contributed by atoms with Gasteiger partial charge in [0, 0.05) is 37.6 Å². The fourth-order valence-corrected chi connectivity index (χ4v) is 5.59. The van der Waals surface area contributed by atoms with E-state index in [9.17, 15) is 22.4 Å². The Labute approximate surface area is 244 Å². The predicted molar refractivity (Wildman–Crippen MR) is 158 cm³/mol. The minimum atomic E-state index is -4.15. The number of benzene rings is 3. The molecule has 11 heteroatoms. The second-order valence-corrected chi connectivity index (χ2v) is 12.8. The molecule has 0 aromatic heterocycles. The van der Waals surface area contributed by atoms with Gasteiger partial charge in [0.25, 0.3) is 0 Å². The lowest BCUT2D eigenvalue weighted by molar-refractivity contribution is -0.140. The molecule has 3 aromatic rings. The van der Waals surface area contributed by atoms with Gasteiger partial charge in [-0.15, -0.1) is 0 Å². The maximum Gasteiger partial charge on any atom is 0.304 e. The molecule has 0 heterocycles. The van der Waals surface area contributed by atoms with Crippen molar-refractivity contribution >= 4 is 43.6 Å². The number of nitrogens with zero attached hydrogens (tertiary/aromatic N) is 3. The van der Waals surface area contributed by atoms with E-state index in [2.05, 4.69) is 21.2 Å². The van der Waals surface area contributed by atoms with Gasteiger partial charge in [-0.3, -0.25) is 9.59 Å². The molecular weight excluding hydrogens is 599 g/mol. The molecule has 1 unspecified atom stereocenters. The van der Waals surface area contributed by atoms with Crippen molar-refractivity contribution in [3.8, 4) is 0 Å². The van der Waals surface area contributed by atoms with Crippen LogP contribution in [0.1, 0.15) is 25.0 Å². The zero-order chi connectivity index (χ0) is 29.4. The number of hydrogen-bond acceptors (Lipinski definition) is 4. The van der Waals surface area contributed by atoms with Crippen LogP contribution in [0.3, 0.4) is 0 Å². The molecule has 0 radical (unpaired) electrons. The number of nitrogens with one attached hydrogen (secondary N) is 1. The lowest BCUT2D eigenvalue weighted by atomic mass is 10.0. The van der Waals surface area contributed by atoms with Crippen LogP contribution in [-0.2, 0) is 32.8 Å². The number of hydrogen-bond donors (Lipinski definition) is 1. The van der Waals surface area contributed by atoms with Crippen LogP contribution in [0.15, 0.2) is 83.3 Å². The van der Waals surface area contributed by atoms with Crippen molar-refractivity contribution in [3.63, 3.8) is 0 Å². The van der Waals surface area contributed by atoms with Gasteiger partial charge in [-0.1, -0.05) is 58.4 Å². The van der Waals surface area contributed by atoms with Gasteiger partial charge >= 0.3 is 10.2 Å². The smallest absolute Gasteiger partial charge is 0.304 e. The summed E-state index contributed by atoms with van der Waals surface area (Å²) in [6.07, 6.45) is 0.218. The maximum absolute atomic E-state index is 14.1. The molecule has 0 aliphatic rings. The molecule has 0 aliphatic carbocycles. The van der Waals surface area contributed by atoms with E-state index in [1.165, 1.54) is 31.1 Å². The molecule has 8 nitrogen and oxygen atoms in total. The fraction of sp³-hybridized carbons (Fsp3) is 0.310. The molecule has 0 aliphatic heterocycles. The third-order valence-corrected chi connectivity index (χ3v) is 8.39. The largest absolute Gasteiger partial charge is 0.352 e. The molecule has 0 saturated heterocycles. The van der Waals surface area contributed by atoms with Crippen LogP contribution in [0.25, 0.3) is 0 Å². The van der Waals surface area contributed by atoms with Crippen molar-refractivity contribution in [2.45, 2.75) is 38.9 Å². The van der Waals surface area contributed by atoms with E-state index in [1.54, 1.807) is 0 Å². The highest BCUT2D eigenvalue weighted by Crippen LogP contribution is 2.23. The van der Waals surface area contributed by atoms with Crippen molar-refractivity contribution in [1.29, 1.82) is 0 Å². The molecule has 0 fully saturated rings. The topological polar surface area (TPSA) is 90.0 Å². The first-order valence-corrected chi connectivity index (χ1v) is 14.9. The Hall–Kier alpha value is -3.28. The highest BCUT2D eigenvalue weighted by atomic mass is 79.9. The second-order valence-electron chi connectivity index (χ2n) is 9.79. The van der Waals surface area contributed by atoms with Gasteiger partial charge in [0.15, 0.2) is 0 Å². The Kier molecular flexibility index (Phi) is 10.8. The van der Waals surface area contributed by atoms with E-state index in [0.717, 1.165) is 36.3 Å². The standard InChI is InChI=1S/C29H34BrFN4O4S/c1-21(2)32-29(37)27(18-22-9-6-5-7-10-22)34(19-23-11-8-12-24(30)17-23)28(36)20-35(40(38,39)33(3)4)26-15-13-25(31)14-16-26/h5-17,21,27H,18-20H2,1-4H3,(H,32,37). The SMILES string of the molecule is CC(C)NC(=O)C(Cc1ccccc1)N(Cc1cccc(Br)c1)C(=O)CN(c1ccc(F)cc1)S(=O)(=O)N(C)C. The summed E-state index contributed by atoms with van der Waals surface area (Å²) in [5.41, 5.74) is 1.72. The van der Waals surface area contributed by atoms with E-state index in [-0.39, 0.29) is 30.6 Å². The molecule has 0 saturated carbocycles. The Balaban J connectivity index is 2.09. The average Bonchev–Trinajstić information content (AvgIpc) is 2.89. The van der Waals surface area contributed by atoms with Gasteiger partial charge in [-0.2, -0.15) is 12.7 Å². The molecule has 2 amide bonds. The zero-order valence-corrected chi connectivity index (χ0v) is 25.3. The Morgan fingerprint density at radius 3 is 2.12 bits per heavy atom. The zero-order valence-electron chi connectivity index (χ0n) is 22.9. The highest BCUT2D eigenvalue weighted by molar-refractivity contribution is 9.10. The number of carbonyl (C=O) groups excluding carboxylic acids is 2. The molecule has 214 valence electrons. The minimum absolute atomic E-state index is 0.0561. The van der Waals surface area contributed by atoms with Crippen LogP contribution in [0.4, 0.5) is 10.1 Å². The van der Waals surface area contributed by atoms with Crippen LogP contribution >= 0.6 is 15.9 Å². The van der Waals surface area contributed by atoms with Crippen LogP contribution in [0.5, 0.6) is 0 Å². The van der Waals surface area contributed by atoms with E-state index >= 15 is 0 Å². The summed E-state index contributed by atoms with van der Waals surface area (Å²) in [6, 6.07) is 20.4. The lowest BCUT2D eigenvalue weighted by Gasteiger charge is -2.34. The van der Waals surface area contributed by atoms with Crippen molar-refractivity contribution in [3.05, 3.63) is 100 Å². The third-order valence-electron chi connectivity index (χ3n) is 6.08. The Morgan fingerprint density at radius 2 is 1.55 bits per heavy atom. The normalized spacial score (nSPS) is 12.3. The van der Waals surface area contributed by atoms with Crippen molar-refractivity contribution in [2.24, 2.45) is 0 Å². The van der Waals surface area contributed by atoms with Gasteiger partial charge < -0.3 is 10.2 Å². The van der Waals surface area contributed by atoms with Crippen LogP contribution in [0.2, 0.25) is 0 Å². The van der Waals surface area contributed by atoms with E-state index in [1.807, 2.05) is 68.4 Å². The van der Waals surface area contributed by atoms with Crippen LogP contribution in [0, 0.1) is 5.82 Å². The number of halogens is 2. The van der Waals surface area contributed by atoms with Crippen LogP contribution < -0.4 is 9.62 Å². The molecule has 1 N–H and O–H groups in total. The quantitative estimate of drug-likeness (QED) is 0.321. The van der Waals surface area contributed by atoms with Crippen LogP contribution in [-0.4, -0.2) is 62.2 Å². The number of amides is 2. The molecule has 40 heavy (non-hydrogen) atoms. The molecule has 3 aromatic carbocycles. The summed E-state index contributed by atoms with van der Waals surface area (Å²) in [6.45, 7) is 3.12. The first-order chi connectivity index (χ1) is 18.9.